The van der Waals surface area contributed by atoms with Gasteiger partial charge in [-0.2, -0.15) is 0 Å². The van der Waals surface area contributed by atoms with Crippen molar-refractivity contribution in [2.45, 2.75) is 38.8 Å². The Morgan fingerprint density at radius 2 is 1.68 bits per heavy atom. The van der Waals surface area contributed by atoms with Crippen LogP contribution in [0.4, 0.5) is 5.69 Å². The van der Waals surface area contributed by atoms with Gasteiger partial charge in [0, 0.05) is 56.6 Å². The van der Waals surface area contributed by atoms with Crippen molar-refractivity contribution in [1.82, 2.24) is 15.1 Å². The number of carbonyl (C=O) groups is 1. The maximum absolute atomic E-state index is 12.8. The maximum Gasteiger partial charge on any atom is 0.251 e. The summed E-state index contributed by atoms with van der Waals surface area (Å²) in [6.07, 6.45) is 3.63. The van der Waals surface area contributed by atoms with Gasteiger partial charge in [-0.25, -0.2) is 0 Å². The Morgan fingerprint density at radius 1 is 0.935 bits per heavy atom. The number of benzene rings is 2. The van der Waals surface area contributed by atoms with E-state index in [-0.39, 0.29) is 5.91 Å². The summed E-state index contributed by atoms with van der Waals surface area (Å²) in [5, 5.41) is 3.20. The Kier molecular flexibility index (Phi) is 7.60. The van der Waals surface area contributed by atoms with Gasteiger partial charge < -0.3 is 15.1 Å². The summed E-state index contributed by atoms with van der Waals surface area (Å²) in [4.78, 5) is 20.2. The normalized spacial score (nSPS) is 20.5. The number of anilines is 1. The Hall–Kier alpha value is -2.37. The van der Waals surface area contributed by atoms with Gasteiger partial charge in [0.15, 0.2) is 0 Å². The van der Waals surface area contributed by atoms with Crippen molar-refractivity contribution < 1.29 is 4.79 Å². The van der Waals surface area contributed by atoms with E-state index in [2.05, 4.69) is 69.4 Å². The van der Waals surface area contributed by atoms with Gasteiger partial charge in [0.1, 0.15) is 0 Å². The van der Waals surface area contributed by atoms with Crippen LogP contribution in [-0.4, -0.2) is 67.6 Å². The van der Waals surface area contributed by atoms with Crippen molar-refractivity contribution in [2.24, 2.45) is 0 Å². The largest absolute Gasteiger partial charge is 0.369 e. The minimum Gasteiger partial charge on any atom is -0.369 e. The predicted octanol–water partition coefficient (Wildman–Crippen LogP) is 3.61. The van der Waals surface area contributed by atoms with Crippen LogP contribution in [0.3, 0.4) is 0 Å². The monoisotopic (exact) mass is 420 g/mol. The highest BCUT2D eigenvalue weighted by Crippen LogP contribution is 2.20. The maximum atomic E-state index is 12.8. The molecule has 5 nitrogen and oxygen atoms in total. The van der Waals surface area contributed by atoms with Crippen LogP contribution >= 0.6 is 0 Å². The summed E-state index contributed by atoms with van der Waals surface area (Å²) >= 11 is 0. The Morgan fingerprint density at radius 3 is 2.39 bits per heavy atom. The smallest absolute Gasteiger partial charge is 0.251 e. The standard InChI is InChI=1S/C26H36N4O/c1-2-28-16-18-29(19-17-28)24-13-11-23(12-14-24)26(31)27-20-25-10-6-7-15-30(25)21-22-8-4-3-5-9-22/h3-5,8-9,11-14,25H,2,6-7,10,15-21H2,1H3,(H,27,31). The van der Waals surface area contributed by atoms with Crippen LogP contribution in [0, 0.1) is 0 Å². The molecule has 2 aromatic rings. The molecular weight excluding hydrogens is 384 g/mol. The van der Waals surface area contributed by atoms with Crippen LogP contribution in [0.5, 0.6) is 0 Å². The van der Waals surface area contributed by atoms with Crippen molar-refractivity contribution >= 4 is 11.6 Å². The lowest BCUT2D eigenvalue weighted by atomic mass is 10.0. The average Bonchev–Trinajstić information content (AvgIpc) is 2.84. The van der Waals surface area contributed by atoms with Gasteiger partial charge in [-0.15, -0.1) is 0 Å². The van der Waals surface area contributed by atoms with E-state index in [1.165, 1.54) is 24.1 Å². The number of likely N-dealkylation sites (tertiary alicyclic amines) is 1. The molecule has 166 valence electrons. The molecule has 0 aliphatic carbocycles. The molecule has 1 N–H and O–H groups in total. The fourth-order valence-corrected chi connectivity index (χ4v) is 4.78. The molecule has 0 saturated carbocycles. The average molecular weight is 421 g/mol. The van der Waals surface area contributed by atoms with E-state index in [9.17, 15) is 4.79 Å². The molecule has 4 rings (SSSR count). The van der Waals surface area contributed by atoms with Gasteiger partial charge in [0.25, 0.3) is 5.91 Å². The predicted molar refractivity (Wildman–Crippen MR) is 128 cm³/mol. The summed E-state index contributed by atoms with van der Waals surface area (Å²) in [6, 6.07) is 19.2. The number of piperazine rings is 1. The summed E-state index contributed by atoms with van der Waals surface area (Å²) in [7, 11) is 0. The first-order valence-corrected chi connectivity index (χ1v) is 11.9. The van der Waals surface area contributed by atoms with Crippen LogP contribution in [-0.2, 0) is 6.54 Å². The summed E-state index contributed by atoms with van der Waals surface area (Å²) in [6.45, 7) is 10.5. The molecule has 31 heavy (non-hydrogen) atoms. The Bertz CT molecular complexity index is 815. The minimum absolute atomic E-state index is 0.0348. The third-order valence-corrected chi connectivity index (χ3v) is 6.79. The Labute approximate surface area is 187 Å². The molecule has 0 aromatic heterocycles. The molecule has 5 heteroatoms. The van der Waals surface area contributed by atoms with Gasteiger partial charge in [0.05, 0.1) is 0 Å². The summed E-state index contributed by atoms with van der Waals surface area (Å²) < 4.78 is 0. The molecule has 1 atom stereocenters. The number of likely N-dealkylation sites (N-methyl/N-ethyl adjacent to an activating group) is 1. The lowest BCUT2D eigenvalue weighted by molar-refractivity contribution is 0.0907. The molecule has 1 amide bonds. The van der Waals surface area contributed by atoms with E-state index in [0.717, 1.165) is 57.8 Å². The number of carbonyl (C=O) groups excluding carboxylic acids is 1. The molecule has 2 aromatic carbocycles. The highest BCUT2D eigenvalue weighted by atomic mass is 16.1. The van der Waals surface area contributed by atoms with Crippen LogP contribution in [0.2, 0.25) is 0 Å². The molecule has 2 heterocycles. The SMILES string of the molecule is CCN1CCN(c2ccc(C(=O)NCC3CCCCN3Cc3ccccc3)cc2)CC1. The fourth-order valence-electron chi connectivity index (χ4n) is 4.78. The van der Waals surface area contributed by atoms with Crippen molar-refractivity contribution in [3.8, 4) is 0 Å². The highest BCUT2D eigenvalue weighted by molar-refractivity contribution is 5.94. The van der Waals surface area contributed by atoms with Crippen molar-refractivity contribution in [3.63, 3.8) is 0 Å². The molecule has 2 saturated heterocycles. The first-order chi connectivity index (χ1) is 15.2. The Balaban J connectivity index is 1.29. The third kappa shape index (κ3) is 5.86. The van der Waals surface area contributed by atoms with Crippen LogP contribution < -0.4 is 10.2 Å². The molecule has 0 spiro atoms. The number of nitrogens with one attached hydrogen (secondary N) is 1. The number of hydrogen-bond acceptors (Lipinski definition) is 4. The van der Waals surface area contributed by atoms with E-state index < -0.39 is 0 Å². The lowest BCUT2D eigenvalue weighted by Gasteiger charge is -2.36. The second-order valence-corrected chi connectivity index (χ2v) is 8.78. The number of hydrogen-bond donors (Lipinski definition) is 1. The second-order valence-electron chi connectivity index (χ2n) is 8.78. The first kappa shape index (κ1) is 21.8. The molecule has 0 radical (unpaired) electrons. The fraction of sp³-hybridized carbons (Fsp3) is 0.500. The van der Waals surface area contributed by atoms with Crippen molar-refractivity contribution in [2.75, 3.05) is 50.7 Å². The van der Waals surface area contributed by atoms with Crippen LogP contribution in [0.15, 0.2) is 54.6 Å². The van der Waals surface area contributed by atoms with Gasteiger partial charge in [-0.05, 0) is 55.8 Å². The van der Waals surface area contributed by atoms with E-state index in [1.54, 1.807) is 0 Å². The summed E-state index contributed by atoms with van der Waals surface area (Å²) in [5.74, 6) is 0.0348. The number of nitrogens with zero attached hydrogens (tertiary/aromatic N) is 3. The van der Waals surface area contributed by atoms with E-state index >= 15 is 0 Å². The van der Waals surface area contributed by atoms with Crippen LogP contribution in [0.1, 0.15) is 42.1 Å². The number of rotatable bonds is 7. The van der Waals surface area contributed by atoms with Gasteiger partial charge >= 0.3 is 0 Å². The number of piperidine rings is 1. The van der Waals surface area contributed by atoms with Gasteiger partial charge in [-0.3, -0.25) is 9.69 Å². The van der Waals surface area contributed by atoms with Crippen molar-refractivity contribution in [3.05, 3.63) is 65.7 Å². The van der Waals surface area contributed by atoms with Gasteiger partial charge in [-0.1, -0.05) is 43.7 Å². The third-order valence-electron chi connectivity index (χ3n) is 6.79. The zero-order chi connectivity index (χ0) is 21.5. The second kappa shape index (κ2) is 10.8. The van der Waals surface area contributed by atoms with E-state index in [4.69, 9.17) is 0 Å². The quantitative estimate of drug-likeness (QED) is 0.743. The molecule has 1 unspecified atom stereocenters. The molecule has 0 bridgehead atoms. The molecule has 2 fully saturated rings. The zero-order valence-electron chi connectivity index (χ0n) is 18.8. The molecule has 2 aliphatic heterocycles. The van der Waals surface area contributed by atoms with E-state index in [0.29, 0.717) is 12.6 Å². The molecular formula is C26H36N4O. The summed E-state index contributed by atoms with van der Waals surface area (Å²) in [5.41, 5.74) is 3.31. The topological polar surface area (TPSA) is 38.8 Å². The van der Waals surface area contributed by atoms with Crippen LogP contribution in [0.25, 0.3) is 0 Å². The van der Waals surface area contributed by atoms with Gasteiger partial charge in [0.2, 0.25) is 0 Å². The van der Waals surface area contributed by atoms with Crippen molar-refractivity contribution in [1.29, 1.82) is 0 Å². The number of amides is 1. The minimum atomic E-state index is 0.0348. The highest BCUT2D eigenvalue weighted by Gasteiger charge is 2.23. The first-order valence-electron chi connectivity index (χ1n) is 11.9. The zero-order valence-corrected chi connectivity index (χ0v) is 18.8. The van der Waals surface area contributed by atoms with E-state index in [1.807, 2.05) is 12.1 Å². The molecule has 2 aliphatic rings. The lowest BCUT2D eigenvalue weighted by Crippen LogP contribution is -2.46.